The molecule has 2 aromatic rings. The van der Waals surface area contributed by atoms with Gasteiger partial charge in [-0.2, -0.15) is 0 Å². The van der Waals surface area contributed by atoms with Crippen LogP contribution in [-0.4, -0.2) is 13.2 Å². The van der Waals surface area contributed by atoms with Crippen LogP contribution in [0.4, 0.5) is 0 Å². The van der Waals surface area contributed by atoms with Gasteiger partial charge in [0.05, 0.1) is 12.0 Å². The SMILES string of the molecule is COc1ccccc1Sc1ccccc1C[C@@H](C)N. The second-order valence-electron chi connectivity index (χ2n) is 4.54. The molecular formula is C16H19NOS. The maximum Gasteiger partial charge on any atom is 0.132 e. The number of hydrogen-bond donors (Lipinski definition) is 1. The van der Waals surface area contributed by atoms with Crippen molar-refractivity contribution in [3.63, 3.8) is 0 Å². The monoisotopic (exact) mass is 273 g/mol. The second-order valence-corrected chi connectivity index (χ2v) is 5.63. The van der Waals surface area contributed by atoms with Crippen LogP contribution in [0.15, 0.2) is 58.3 Å². The predicted octanol–water partition coefficient (Wildman–Crippen LogP) is 3.74. The van der Waals surface area contributed by atoms with E-state index in [1.807, 2.05) is 25.1 Å². The van der Waals surface area contributed by atoms with Crippen LogP contribution in [0.2, 0.25) is 0 Å². The third-order valence-corrected chi connectivity index (χ3v) is 3.98. The zero-order valence-corrected chi connectivity index (χ0v) is 12.1. The third kappa shape index (κ3) is 3.75. The largest absolute Gasteiger partial charge is 0.496 e. The van der Waals surface area contributed by atoms with Crippen molar-refractivity contribution in [2.24, 2.45) is 5.73 Å². The summed E-state index contributed by atoms with van der Waals surface area (Å²) < 4.78 is 5.39. The molecule has 0 aromatic heterocycles. The van der Waals surface area contributed by atoms with Crippen LogP contribution in [0.5, 0.6) is 5.75 Å². The second kappa shape index (κ2) is 6.64. The minimum Gasteiger partial charge on any atom is -0.496 e. The summed E-state index contributed by atoms with van der Waals surface area (Å²) in [5.74, 6) is 0.906. The highest BCUT2D eigenvalue weighted by atomic mass is 32.2. The van der Waals surface area contributed by atoms with Crippen LogP contribution >= 0.6 is 11.8 Å². The summed E-state index contributed by atoms with van der Waals surface area (Å²) >= 11 is 1.73. The molecule has 0 amide bonds. The Kier molecular flexibility index (Phi) is 4.88. The Labute approximate surface area is 119 Å². The molecule has 0 fully saturated rings. The number of nitrogens with two attached hydrogens (primary N) is 1. The van der Waals surface area contributed by atoms with Crippen molar-refractivity contribution in [1.82, 2.24) is 0 Å². The van der Waals surface area contributed by atoms with E-state index in [0.717, 1.165) is 17.1 Å². The maximum atomic E-state index is 5.91. The van der Waals surface area contributed by atoms with Crippen LogP contribution in [0.1, 0.15) is 12.5 Å². The fourth-order valence-electron chi connectivity index (χ4n) is 1.94. The van der Waals surface area contributed by atoms with Gasteiger partial charge in [0.15, 0.2) is 0 Å². The molecule has 0 spiro atoms. The molecular weight excluding hydrogens is 254 g/mol. The first-order valence-electron chi connectivity index (χ1n) is 6.35. The third-order valence-electron chi connectivity index (χ3n) is 2.80. The van der Waals surface area contributed by atoms with Gasteiger partial charge in [0.1, 0.15) is 5.75 Å². The van der Waals surface area contributed by atoms with Crippen molar-refractivity contribution in [2.75, 3.05) is 7.11 Å². The molecule has 0 unspecified atom stereocenters. The molecule has 0 bridgehead atoms. The summed E-state index contributed by atoms with van der Waals surface area (Å²) in [7, 11) is 1.70. The number of para-hydroxylation sites is 1. The van der Waals surface area contributed by atoms with E-state index in [9.17, 15) is 0 Å². The topological polar surface area (TPSA) is 35.2 Å². The Morgan fingerprint density at radius 2 is 1.68 bits per heavy atom. The smallest absolute Gasteiger partial charge is 0.132 e. The average molecular weight is 273 g/mol. The van der Waals surface area contributed by atoms with E-state index in [2.05, 4.69) is 30.3 Å². The van der Waals surface area contributed by atoms with Gasteiger partial charge >= 0.3 is 0 Å². The average Bonchev–Trinajstić information content (AvgIpc) is 2.41. The van der Waals surface area contributed by atoms with Crippen molar-refractivity contribution in [3.05, 3.63) is 54.1 Å². The fraction of sp³-hybridized carbons (Fsp3) is 0.250. The molecule has 3 heteroatoms. The number of rotatable bonds is 5. The molecule has 0 radical (unpaired) electrons. The van der Waals surface area contributed by atoms with Gasteiger partial charge in [0.2, 0.25) is 0 Å². The molecule has 2 rings (SSSR count). The lowest BCUT2D eigenvalue weighted by Crippen LogP contribution is -2.18. The first-order valence-corrected chi connectivity index (χ1v) is 7.16. The summed E-state index contributed by atoms with van der Waals surface area (Å²) in [6.45, 7) is 2.03. The molecule has 0 saturated carbocycles. The Bertz CT molecular complexity index is 540. The standard InChI is InChI=1S/C16H19NOS/c1-12(17)11-13-7-3-5-9-15(13)19-16-10-6-4-8-14(16)18-2/h3-10,12H,11,17H2,1-2H3/t12-/m1/s1. The van der Waals surface area contributed by atoms with Gasteiger partial charge in [0.25, 0.3) is 0 Å². The number of ether oxygens (including phenoxy) is 1. The van der Waals surface area contributed by atoms with Gasteiger partial charge in [-0.25, -0.2) is 0 Å². The first-order chi connectivity index (χ1) is 9.20. The van der Waals surface area contributed by atoms with Crippen LogP contribution in [0, 0.1) is 0 Å². The molecule has 19 heavy (non-hydrogen) atoms. The highest BCUT2D eigenvalue weighted by Crippen LogP contribution is 2.36. The molecule has 0 saturated heterocycles. The molecule has 100 valence electrons. The van der Waals surface area contributed by atoms with Crippen LogP contribution < -0.4 is 10.5 Å². The van der Waals surface area contributed by atoms with Crippen LogP contribution in [0.25, 0.3) is 0 Å². The lowest BCUT2D eigenvalue weighted by Gasteiger charge is -2.12. The van der Waals surface area contributed by atoms with Crippen molar-refractivity contribution in [1.29, 1.82) is 0 Å². The first kappa shape index (κ1) is 14.0. The normalized spacial score (nSPS) is 12.2. The van der Waals surface area contributed by atoms with Crippen LogP contribution in [-0.2, 0) is 6.42 Å². The lowest BCUT2D eigenvalue weighted by atomic mass is 10.1. The Morgan fingerprint density at radius 3 is 2.37 bits per heavy atom. The van der Waals surface area contributed by atoms with Crippen molar-refractivity contribution in [3.8, 4) is 5.75 Å². The summed E-state index contributed by atoms with van der Waals surface area (Å²) in [5, 5.41) is 0. The van der Waals surface area contributed by atoms with Crippen LogP contribution in [0.3, 0.4) is 0 Å². The van der Waals surface area contributed by atoms with E-state index in [0.29, 0.717) is 0 Å². The van der Waals surface area contributed by atoms with Gasteiger partial charge < -0.3 is 10.5 Å². The molecule has 0 aliphatic carbocycles. The van der Waals surface area contributed by atoms with Crippen molar-refractivity contribution in [2.45, 2.75) is 29.2 Å². The minimum absolute atomic E-state index is 0.166. The van der Waals surface area contributed by atoms with E-state index < -0.39 is 0 Å². The number of hydrogen-bond acceptors (Lipinski definition) is 3. The molecule has 2 aromatic carbocycles. The van der Waals surface area contributed by atoms with Gasteiger partial charge in [-0.1, -0.05) is 42.1 Å². The van der Waals surface area contributed by atoms with Gasteiger partial charge in [-0.05, 0) is 37.1 Å². The van der Waals surface area contributed by atoms with Crippen molar-refractivity contribution < 1.29 is 4.74 Å². The van der Waals surface area contributed by atoms with E-state index in [4.69, 9.17) is 10.5 Å². The maximum absolute atomic E-state index is 5.91. The van der Waals surface area contributed by atoms with E-state index >= 15 is 0 Å². The number of benzene rings is 2. The summed E-state index contributed by atoms with van der Waals surface area (Å²) in [4.78, 5) is 2.37. The molecule has 2 nitrogen and oxygen atoms in total. The van der Waals surface area contributed by atoms with E-state index in [1.165, 1.54) is 10.5 Å². The quantitative estimate of drug-likeness (QED) is 0.901. The van der Waals surface area contributed by atoms with Gasteiger partial charge in [0, 0.05) is 10.9 Å². The van der Waals surface area contributed by atoms with E-state index in [1.54, 1.807) is 18.9 Å². The van der Waals surface area contributed by atoms with E-state index in [-0.39, 0.29) is 6.04 Å². The Balaban J connectivity index is 2.27. The summed E-state index contributed by atoms with van der Waals surface area (Å²) in [5.41, 5.74) is 7.19. The highest BCUT2D eigenvalue weighted by Gasteiger charge is 2.08. The highest BCUT2D eigenvalue weighted by molar-refractivity contribution is 7.99. The number of methoxy groups -OCH3 is 1. The fourth-order valence-corrected chi connectivity index (χ4v) is 3.01. The summed E-state index contributed by atoms with van der Waals surface area (Å²) in [6.07, 6.45) is 0.887. The molecule has 1 atom stereocenters. The molecule has 0 aliphatic rings. The minimum atomic E-state index is 0.166. The molecule has 2 N–H and O–H groups in total. The van der Waals surface area contributed by atoms with Gasteiger partial charge in [-0.3, -0.25) is 0 Å². The Morgan fingerprint density at radius 1 is 1.05 bits per heavy atom. The molecule has 0 heterocycles. The summed E-state index contributed by atoms with van der Waals surface area (Å²) in [6, 6.07) is 16.6. The zero-order chi connectivity index (χ0) is 13.7. The zero-order valence-electron chi connectivity index (χ0n) is 11.3. The Hall–Kier alpha value is -1.45. The predicted molar refractivity (Wildman–Crippen MR) is 80.9 cm³/mol. The van der Waals surface area contributed by atoms with Crippen molar-refractivity contribution >= 4 is 11.8 Å². The van der Waals surface area contributed by atoms with Gasteiger partial charge in [-0.15, -0.1) is 0 Å². The lowest BCUT2D eigenvalue weighted by molar-refractivity contribution is 0.405. The molecule has 0 aliphatic heterocycles.